The molecule has 0 amide bonds. The molecular formula is C27H36F2N2OS. The molecule has 2 unspecified atom stereocenters. The smallest absolute Gasteiger partial charge is 0.126 e. The van der Waals surface area contributed by atoms with E-state index >= 15 is 0 Å². The second-order valence-electron chi connectivity index (χ2n) is 9.66. The van der Waals surface area contributed by atoms with Gasteiger partial charge in [-0.1, -0.05) is 69.6 Å². The molecule has 0 heterocycles. The number of benzene rings is 2. The molecular weight excluding hydrogens is 438 g/mol. The number of aliphatic hydroxyl groups is 1. The fourth-order valence-corrected chi connectivity index (χ4v) is 5.04. The number of aliphatic hydroxyl groups excluding tert-OH is 1. The van der Waals surface area contributed by atoms with E-state index < -0.39 is 23.8 Å². The lowest BCUT2D eigenvalue weighted by atomic mass is 9.75. The summed E-state index contributed by atoms with van der Waals surface area (Å²) < 4.78 is 27.4. The summed E-state index contributed by atoms with van der Waals surface area (Å²) in [6, 6.07) is 11.8. The number of hydrogen-bond donors (Lipinski definition) is 3. The summed E-state index contributed by atoms with van der Waals surface area (Å²) in [5.74, 6) is -0.801. The van der Waals surface area contributed by atoms with E-state index in [1.54, 1.807) is 6.92 Å². The summed E-state index contributed by atoms with van der Waals surface area (Å²) in [5, 5.41) is 17.9. The Labute approximate surface area is 202 Å². The van der Waals surface area contributed by atoms with Crippen molar-refractivity contribution in [3.05, 3.63) is 70.8 Å². The van der Waals surface area contributed by atoms with Crippen LogP contribution in [0, 0.1) is 11.6 Å². The predicted molar refractivity (Wildman–Crippen MR) is 135 cm³/mol. The molecule has 0 radical (unpaired) electrons. The number of rotatable bonds is 9. The van der Waals surface area contributed by atoms with Gasteiger partial charge in [-0.25, -0.2) is 8.78 Å². The van der Waals surface area contributed by atoms with E-state index in [2.05, 4.69) is 48.7 Å². The molecule has 0 aromatic heterocycles. The predicted octanol–water partition coefficient (Wildman–Crippen LogP) is 5.75. The molecule has 2 atom stereocenters. The molecule has 0 spiro atoms. The number of thiocarbonyl (C=S) groups is 1. The SMILES string of the molecule is CC(=S)NC(Cc1cc(F)cc(F)c1)C(O)CNC1(c2cccc(C(C)C)c2)CCCCC1. The summed E-state index contributed by atoms with van der Waals surface area (Å²) in [6.07, 6.45) is 5.00. The Morgan fingerprint density at radius 3 is 2.33 bits per heavy atom. The maximum absolute atomic E-state index is 13.7. The van der Waals surface area contributed by atoms with Gasteiger partial charge in [0, 0.05) is 18.2 Å². The third-order valence-electron chi connectivity index (χ3n) is 6.69. The molecule has 3 nitrogen and oxygen atoms in total. The van der Waals surface area contributed by atoms with Gasteiger partial charge in [0.1, 0.15) is 11.6 Å². The Hall–Kier alpha value is -1.89. The van der Waals surface area contributed by atoms with E-state index in [4.69, 9.17) is 12.2 Å². The first-order valence-corrected chi connectivity index (χ1v) is 12.3. The maximum Gasteiger partial charge on any atom is 0.126 e. The van der Waals surface area contributed by atoms with Crippen LogP contribution in [0.1, 0.15) is 75.5 Å². The van der Waals surface area contributed by atoms with Crippen molar-refractivity contribution in [2.45, 2.75) is 82.9 Å². The third kappa shape index (κ3) is 7.05. The highest BCUT2D eigenvalue weighted by molar-refractivity contribution is 7.80. The van der Waals surface area contributed by atoms with Crippen LogP contribution in [-0.4, -0.2) is 28.8 Å². The van der Waals surface area contributed by atoms with Crippen molar-refractivity contribution in [1.29, 1.82) is 0 Å². The lowest BCUT2D eigenvalue weighted by Gasteiger charge is -2.40. The minimum atomic E-state index is -0.790. The van der Waals surface area contributed by atoms with E-state index in [0.29, 0.717) is 23.0 Å². The van der Waals surface area contributed by atoms with E-state index in [1.165, 1.54) is 29.7 Å². The quantitative estimate of drug-likeness (QED) is 0.405. The Balaban J connectivity index is 1.78. The van der Waals surface area contributed by atoms with Crippen molar-refractivity contribution >= 4 is 17.2 Å². The second-order valence-corrected chi connectivity index (χ2v) is 10.3. The zero-order valence-electron chi connectivity index (χ0n) is 19.8. The molecule has 33 heavy (non-hydrogen) atoms. The zero-order valence-corrected chi connectivity index (χ0v) is 20.7. The van der Waals surface area contributed by atoms with Crippen molar-refractivity contribution < 1.29 is 13.9 Å². The molecule has 2 aromatic rings. The van der Waals surface area contributed by atoms with Crippen LogP contribution in [0.4, 0.5) is 8.78 Å². The number of hydrogen-bond acceptors (Lipinski definition) is 3. The van der Waals surface area contributed by atoms with E-state index in [0.717, 1.165) is 31.7 Å². The van der Waals surface area contributed by atoms with Gasteiger partial charge in [-0.05, 0) is 60.9 Å². The Kier molecular flexibility index (Phi) is 8.96. The zero-order chi connectivity index (χ0) is 24.0. The molecule has 1 aliphatic carbocycles. The monoisotopic (exact) mass is 474 g/mol. The lowest BCUT2D eigenvalue weighted by Crippen LogP contribution is -2.53. The summed E-state index contributed by atoms with van der Waals surface area (Å²) in [7, 11) is 0. The normalized spacial score (nSPS) is 17.5. The first-order valence-electron chi connectivity index (χ1n) is 11.9. The van der Waals surface area contributed by atoms with Crippen LogP contribution in [0.5, 0.6) is 0 Å². The first-order chi connectivity index (χ1) is 15.7. The average molecular weight is 475 g/mol. The molecule has 1 fully saturated rings. The van der Waals surface area contributed by atoms with Crippen LogP contribution in [0.2, 0.25) is 0 Å². The molecule has 2 aromatic carbocycles. The van der Waals surface area contributed by atoms with Crippen molar-refractivity contribution in [3.8, 4) is 0 Å². The topological polar surface area (TPSA) is 44.3 Å². The van der Waals surface area contributed by atoms with Gasteiger partial charge >= 0.3 is 0 Å². The van der Waals surface area contributed by atoms with Gasteiger partial charge in [0.05, 0.1) is 17.1 Å². The number of halogens is 2. The van der Waals surface area contributed by atoms with Crippen LogP contribution in [0.15, 0.2) is 42.5 Å². The molecule has 1 aliphatic rings. The van der Waals surface area contributed by atoms with E-state index in [9.17, 15) is 13.9 Å². The van der Waals surface area contributed by atoms with Gasteiger partial charge in [0.25, 0.3) is 0 Å². The van der Waals surface area contributed by atoms with Gasteiger partial charge in [-0.2, -0.15) is 0 Å². The van der Waals surface area contributed by atoms with Crippen LogP contribution in [0.3, 0.4) is 0 Å². The molecule has 180 valence electrons. The van der Waals surface area contributed by atoms with E-state index in [1.807, 2.05) is 0 Å². The van der Waals surface area contributed by atoms with E-state index in [-0.39, 0.29) is 12.0 Å². The van der Waals surface area contributed by atoms with Gasteiger partial charge in [0.15, 0.2) is 0 Å². The minimum absolute atomic E-state index is 0.188. The highest BCUT2D eigenvalue weighted by Gasteiger charge is 2.35. The Bertz CT molecular complexity index is 923. The molecule has 3 rings (SSSR count). The highest BCUT2D eigenvalue weighted by Crippen LogP contribution is 2.38. The maximum atomic E-state index is 13.7. The standard InChI is InChI=1S/C27H36F2N2OS/c1-18(2)21-8-7-9-22(15-21)27(10-5-4-6-11-27)30-17-26(32)25(31-19(3)33)14-20-12-23(28)16-24(29)13-20/h7-9,12-13,15-16,18,25-26,30,32H,4-6,10-11,14,17H2,1-3H3,(H,31,33). The molecule has 6 heteroatoms. The van der Waals surface area contributed by atoms with Crippen molar-refractivity contribution in [3.63, 3.8) is 0 Å². The first kappa shape index (κ1) is 25.7. The third-order valence-corrected chi connectivity index (χ3v) is 6.81. The molecule has 3 N–H and O–H groups in total. The van der Waals surface area contributed by atoms with Crippen LogP contribution < -0.4 is 10.6 Å². The Morgan fingerprint density at radius 1 is 1.06 bits per heavy atom. The van der Waals surface area contributed by atoms with Gasteiger partial charge in [-0.15, -0.1) is 0 Å². The molecule has 0 bridgehead atoms. The van der Waals surface area contributed by atoms with Gasteiger partial charge in [-0.3, -0.25) is 0 Å². The molecule has 0 aliphatic heterocycles. The largest absolute Gasteiger partial charge is 0.390 e. The van der Waals surface area contributed by atoms with Gasteiger partial charge in [0.2, 0.25) is 0 Å². The average Bonchev–Trinajstić information content (AvgIpc) is 2.77. The van der Waals surface area contributed by atoms with Crippen molar-refractivity contribution in [2.75, 3.05) is 6.54 Å². The van der Waals surface area contributed by atoms with Crippen molar-refractivity contribution in [2.24, 2.45) is 0 Å². The minimum Gasteiger partial charge on any atom is -0.390 e. The second kappa shape index (κ2) is 11.5. The summed E-state index contributed by atoms with van der Waals surface area (Å²) in [6.45, 7) is 6.49. The van der Waals surface area contributed by atoms with Gasteiger partial charge < -0.3 is 15.7 Å². The number of nitrogens with one attached hydrogen (secondary N) is 2. The highest BCUT2D eigenvalue weighted by atomic mass is 32.1. The fourth-order valence-electron chi connectivity index (χ4n) is 4.89. The lowest BCUT2D eigenvalue weighted by molar-refractivity contribution is 0.110. The van der Waals surface area contributed by atoms with Crippen LogP contribution >= 0.6 is 12.2 Å². The summed E-state index contributed by atoms with van der Waals surface area (Å²) in [4.78, 5) is 0.535. The van der Waals surface area contributed by atoms with Crippen LogP contribution in [-0.2, 0) is 12.0 Å². The van der Waals surface area contributed by atoms with Crippen LogP contribution in [0.25, 0.3) is 0 Å². The fraction of sp³-hybridized carbons (Fsp3) is 0.519. The summed E-state index contributed by atoms with van der Waals surface area (Å²) in [5.41, 5.74) is 2.87. The molecule has 0 saturated heterocycles. The Morgan fingerprint density at radius 2 is 1.73 bits per heavy atom. The summed E-state index contributed by atoms with van der Waals surface area (Å²) >= 11 is 5.21. The van der Waals surface area contributed by atoms with Crippen molar-refractivity contribution in [1.82, 2.24) is 10.6 Å². The molecule has 1 saturated carbocycles.